The Hall–Kier alpha value is -3.25. The van der Waals surface area contributed by atoms with Crippen molar-refractivity contribution in [3.8, 4) is 0 Å². The van der Waals surface area contributed by atoms with Crippen molar-refractivity contribution in [2.75, 3.05) is 18.6 Å². The van der Waals surface area contributed by atoms with Crippen molar-refractivity contribution in [2.24, 2.45) is 12.0 Å². The molecule has 0 radical (unpaired) electrons. The van der Waals surface area contributed by atoms with Gasteiger partial charge >= 0.3 is 5.97 Å². The number of aliphatic imine (C=N–C) groups is 1. The second kappa shape index (κ2) is 7.91. The first kappa shape index (κ1) is 22.5. The normalized spacial score (nSPS) is 20.6. The molecule has 0 spiro atoms. The van der Waals surface area contributed by atoms with Gasteiger partial charge in [-0.3, -0.25) is 24.2 Å². The smallest absolute Gasteiger partial charge is 0.307 e. The third kappa shape index (κ3) is 3.96. The molecule has 1 aromatic heterocycles. The van der Waals surface area contributed by atoms with Gasteiger partial charge in [-0.05, 0) is 38.0 Å². The van der Waals surface area contributed by atoms with Crippen LogP contribution in [-0.4, -0.2) is 66.2 Å². The summed E-state index contributed by atoms with van der Waals surface area (Å²) >= 11 is 0. The fourth-order valence-electron chi connectivity index (χ4n) is 4.31. The van der Waals surface area contributed by atoms with Crippen LogP contribution in [0.4, 0.5) is 5.69 Å². The SMILES string of the molecule is COC(=O)CC1CN=C2N(Cc3cnn(C)c3)C(=O)c3cc(S(=O)(=O)NC4(C)CC4)ccc3N21. The van der Waals surface area contributed by atoms with E-state index in [1.54, 1.807) is 30.2 Å². The van der Waals surface area contributed by atoms with E-state index < -0.39 is 15.6 Å². The molecule has 1 saturated carbocycles. The van der Waals surface area contributed by atoms with Crippen molar-refractivity contribution in [1.29, 1.82) is 0 Å². The summed E-state index contributed by atoms with van der Waals surface area (Å²) in [7, 11) is -0.691. The molecule has 180 valence electrons. The minimum Gasteiger partial charge on any atom is -0.469 e. The number of rotatable bonds is 7. The molecule has 1 aliphatic carbocycles. The van der Waals surface area contributed by atoms with Crippen LogP contribution in [0.2, 0.25) is 0 Å². The Morgan fingerprint density at radius 3 is 2.74 bits per heavy atom. The van der Waals surface area contributed by atoms with E-state index in [-0.39, 0.29) is 41.3 Å². The minimum atomic E-state index is -3.80. The van der Waals surface area contributed by atoms with Gasteiger partial charge in [0.25, 0.3) is 5.91 Å². The highest BCUT2D eigenvalue weighted by Gasteiger charge is 2.44. The third-order valence-electron chi connectivity index (χ3n) is 6.39. The van der Waals surface area contributed by atoms with Gasteiger partial charge in [0, 0.05) is 24.3 Å². The molecule has 0 saturated heterocycles. The average molecular weight is 487 g/mol. The van der Waals surface area contributed by atoms with Gasteiger partial charge in [-0.15, -0.1) is 0 Å². The number of fused-ring (bicyclic) bond motifs is 3. The molecule has 2 aliphatic heterocycles. The zero-order valence-electron chi connectivity index (χ0n) is 19.2. The monoisotopic (exact) mass is 486 g/mol. The maximum Gasteiger partial charge on any atom is 0.307 e. The Labute approximate surface area is 197 Å². The largest absolute Gasteiger partial charge is 0.469 e. The highest BCUT2D eigenvalue weighted by Crippen LogP contribution is 2.38. The predicted molar refractivity (Wildman–Crippen MR) is 123 cm³/mol. The van der Waals surface area contributed by atoms with E-state index in [9.17, 15) is 18.0 Å². The van der Waals surface area contributed by atoms with Crippen LogP contribution in [0.3, 0.4) is 0 Å². The Kier molecular flexibility index (Phi) is 5.24. The van der Waals surface area contributed by atoms with Gasteiger partial charge in [0.2, 0.25) is 16.0 Å². The topological polar surface area (TPSA) is 126 Å². The number of hydrogen-bond donors (Lipinski definition) is 1. The summed E-state index contributed by atoms with van der Waals surface area (Å²) in [5.41, 5.74) is 1.12. The first-order chi connectivity index (χ1) is 16.1. The summed E-state index contributed by atoms with van der Waals surface area (Å²) in [6.07, 6.45) is 5.10. The van der Waals surface area contributed by atoms with Crippen molar-refractivity contribution in [3.63, 3.8) is 0 Å². The van der Waals surface area contributed by atoms with E-state index in [0.717, 1.165) is 18.4 Å². The summed E-state index contributed by atoms with van der Waals surface area (Å²) in [6, 6.07) is 4.16. The van der Waals surface area contributed by atoms with Crippen molar-refractivity contribution in [2.45, 2.75) is 49.2 Å². The first-order valence-corrected chi connectivity index (χ1v) is 12.5. The predicted octanol–water partition coefficient (Wildman–Crippen LogP) is 1.01. The number of carbonyl (C=O) groups is 2. The van der Waals surface area contributed by atoms with Crippen LogP contribution in [0.5, 0.6) is 0 Å². The van der Waals surface area contributed by atoms with Crippen LogP contribution >= 0.6 is 0 Å². The van der Waals surface area contributed by atoms with Crippen molar-refractivity contribution < 1.29 is 22.7 Å². The number of guanidine groups is 1. The van der Waals surface area contributed by atoms with Crippen molar-refractivity contribution >= 4 is 33.5 Å². The number of aromatic nitrogens is 2. The summed E-state index contributed by atoms with van der Waals surface area (Å²) < 4.78 is 35.2. The molecule has 1 amide bonds. The molecule has 1 fully saturated rings. The molecule has 12 heteroatoms. The number of aryl methyl sites for hydroxylation is 1. The van der Waals surface area contributed by atoms with Gasteiger partial charge in [0.15, 0.2) is 0 Å². The lowest BCUT2D eigenvalue weighted by molar-refractivity contribution is -0.140. The van der Waals surface area contributed by atoms with Crippen LogP contribution in [0, 0.1) is 0 Å². The van der Waals surface area contributed by atoms with Crippen molar-refractivity contribution in [3.05, 3.63) is 41.7 Å². The van der Waals surface area contributed by atoms with Crippen LogP contribution in [0.1, 0.15) is 42.1 Å². The second-order valence-corrected chi connectivity index (χ2v) is 10.9. The summed E-state index contributed by atoms with van der Waals surface area (Å²) in [4.78, 5) is 33.6. The number of amides is 1. The molecule has 3 aliphatic rings. The number of anilines is 1. The molecule has 1 unspecified atom stereocenters. The fraction of sp³-hybridized carbons (Fsp3) is 0.455. The number of carbonyl (C=O) groups excluding carboxylic acids is 2. The number of esters is 1. The third-order valence-corrected chi connectivity index (χ3v) is 8.02. The lowest BCUT2D eigenvalue weighted by Gasteiger charge is -2.38. The van der Waals surface area contributed by atoms with E-state index in [1.165, 1.54) is 24.1 Å². The molecule has 1 atom stereocenters. The Bertz CT molecular complexity index is 1310. The highest BCUT2D eigenvalue weighted by atomic mass is 32.2. The molecule has 34 heavy (non-hydrogen) atoms. The zero-order chi connectivity index (χ0) is 24.3. The van der Waals surface area contributed by atoms with Gasteiger partial charge < -0.3 is 9.64 Å². The molecule has 3 heterocycles. The molecular weight excluding hydrogens is 460 g/mol. The summed E-state index contributed by atoms with van der Waals surface area (Å²) in [5.74, 6) is -0.323. The first-order valence-electron chi connectivity index (χ1n) is 11.0. The zero-order valence-corrected chi connectivity index (χ0v) is 20.0. The molecular formula is C22H26N6O5S. The minimum absolute atomic E-state index is 0.0261. The molecule has 1 N–H and O–H groups in total. The fourth-order valence-corrected chi connectivity index (χ4v) is 5.80. The quantitative estimate of drug-likeness (QED) is 0.579. The van der Waals surface area contributed by atoms with Gasteiger partial charge in [-0.25, -0.2) is 13.1 Å². The molecule has 0 bridgehead atoms. The molecule has 11 nitrogen and oxygen atoms in total. The number of ether oxygens (including phenoxy) is 1. The van der Waals surface area contributed by atoms with Crippen LogP contribution < -0.4 is 9.62 Å². The summed E-state index contributed by atoms with van der Waals surface area (Å²) in [5, 5.41) is 4.17. The van der Waals surface area contributed by atoms with E-state index in [2.05, 4.69) is 14.8 Å². The maximum absolute atomic E-state index is 13.6. The van der Waals surface area contributed by atoms with Gasteiger partial charge in [0.05, 0.1) is 55.0 Å². The second-order valence-electron chi connectivity index (χ2n) is 9.20. The maximum atomic E-state index is 13.6. The number of benzene rings is 1. The number of nitrogens with zero attached hydrogens (tertiary/aromatic N) is 5. The van der Waals surface area contributed by atoms with Crippen LogP contribution in [-0.2, 0) is 33.1 Å². The van der Waals surface area contributed by atoms with E-state index >= 15 is 0 Å². The van der Waals surface area contributed by atoms with E-state index in [0.29, 0.717) is 18.2 Å². The van der Waals surface area contributed by atoms with E-state index in [1.807, 2.05) is 11.8 Å². The average Bonchev–Trinajstić information content (AvgIpc) is 3.16. The van der Waals surface area contributed by atoms with Gasteiger partial charge in [0.1, 0.15) is 0 Å². The van der Waals surface area contributed by atoms with Crippen LogP contribution in [0.25, 0.3) is 0 Å². The highest BCUT2D eigenvalue weighted by molar-refractivity contribution is 7.89. The van der Waals surface area contributed by atoms with Crippen LogP contribution in [0.15, 0.2) is 40.5 Å². The number of methoxy groups -OCH3 is 1. The Morgan fingerprint density at radius 1 is 1.32 bits per heavy atom. The number of hydrogen-bond acceptors (Lipinski definition) is 8. The van der Waals surface area contributed by atoms with E-state index in [4.69, 9.17) is 4.74 Å². The Morgan fingerprint density at radius 2 is 2.09 bits per heavy atom. The standard InChI is InChI=1S/C22H26N6O5S/c1-22(6-7-22)25-34(31,32)16-4-5-18-17(9-16)20(30)27(13-14-10-24-26(2)12-14)21-23-11-15(28(18)21)8-19(29)33-3/h4-5,9-10,12,15,25H,6-8,11,13H2,1-3H3. The molecule has 5 rings (SSSR count). The molecule has 1 aromatic carbocycles. The van der Waals surface area contributed by atoms with Gasteiger partial charge in [-0.1, -0.05) is 0 Å². The summed E-state index contributed by atoms with van der Waals surface area (Å²) in [6.45, 7) is 2.37. The Balaban J connectivity index is 1.56. The lowest BCUT2D eigenvalue weighted by Crippen LogP contribution is -2.53. The van der Waals surface area contributed by atoms with Gasteiger partial charge in [-0.2, -0.15) is 5.10 Å². The number of nitrogens with one attached hydrogen (secondary N) is 1. The van der Waals surface area contributed by atoms with Crippen molar-refractivity contribution in [1.82, 2.24) is 19.4 Å². The lowest BCUT2D eigenvalue weighted by atomic mass is 10.0. The number of sulfonamides is 1. The molecule has 2 aromatic rings.